The second kappa shape index (κ2) is 6.86. The number of rotatable bonds is 5. The van der Waals surface area contributed by atoms with Crippen LogP contribution >= 0.6 is 0 Å². The lowest BCUT2D eigenvalue weighted by molar-refractivity contribution is 0.588. The van der Waals surface area contributed by atoms with E-state index in [4.69, 9.17) is 4.98 Å². The van der Waals surface area contributed by atoms with Crippen LogP contribution in [-0.2, 0) is 13.0 Å². The minimum absolute atomic E-state index is 0.467. The van der Waals surface area contributed by atoms with Crippen LogP contribution in [0.5, 0.6) is 0 Å². The average molecular weight is 280 g/mol. The second-order valence-electron chi connectivity index (χ2n) is 5.87. The lowest BCUT2D eigenvalue weighted by Gasteiger charge is -2.26. The highest BCUT2D eigenvalue weighted by atomic mass is 14.8. The quantitative estimate of drug-likeness (QED) is 0.836. The van der Waals surface area contributed by atoms with Crippen molar-refractivity contribution in [2.75, 3.05) is 6.54 Å². The number of hydrogen-bond acceptors (Lipinski definition) is 2. The number of pyridine rings is 1. The fourth-order valence-corrected chi connectivity index (χ4v) is 3.35. The first-order valence-corrected chi connectivity index (χ1v) is 8.12. The summed E-state index contributed by atoms with van der Waals surface area (Å²) in [6.07, 6.45) is 6.77. The number of aryl methyl sites for hydroxylation is 1. The van der Waals surface area contributed by atoms with Gasteiger partial charge in [0.05, 0.1) is 5.69 Å². The number of hydrogen-bond donors (Lipinski definition) is 1. The SMILES string of the molecule is CCCNCc1ccccc1C1CCCc2cccnc21. The van der Waals surface area contributed by atoms with Gasteiger partial charge in [-0.15, -0.1) is 0 Å². The third-order valence-electron chi connectivity index (χ3n) is 4.37. The first kappa shape index (κ1) is 14.3. The molecule has 0 saturated heterocycles. The maximum Gasteiger partial charge on any atom is 0.0510 e. The molecule has 0 fully saturated rings. The molecule has 2 aromatic rings. The predicted octanol–water partition coefficient (Wildman–Crippen LogP) is 4.05. The van der Waals surface area contributed by atoms with Crippen LogP contribution in [0.4, 0.5) is 0 Å². The molecule has 0 radical (unpaired) electrons. The maximum absolute atomic E-state index is 4.69. The highest BCUT2D eigenvalue weighted by Gasteiger charge is 2.24. The normalized spacial score (nSPS) is 17.5. The Labute approximate surface area is 127 Å². The molecule has 0 aliphatic heterocycles. The summed E-state index contributed by atoms with van der Waals surface area (Å²) in [5.41, 5.74) is 5.62. The van der Waals surface area contributed by atoms with Gasteiger partial charge >= 0.3 is 0 Å². The summed E-state index contributed by atoms with van der Waals surface area (Å²) in [6, 6.07) is 13.2. The first-order chi connectivity index (χ1) is 10.4. The molecule has 1 aromatic heterocycles. The molecule has 0 saturated carbocycles. The van der Waals surface area contributed by atoms with E-state index in [0.717, 1.165) is 13.1 Å². The summed E-state index contributed by atoms with van der Waals surface area (Å²) in [4.78, 5) is 4.69. The van der Waals surface area contributed by atoms with Crippen LogP contribution < -0.4 is 5.32 Å². The predicted molar refractivity (Wildman–Crippen MR) is 87.5 cm³/mol. The number of nitrogens with one attached hydrogen (secondary N) is 1. The molecule has 1 atom stereocenters. The average Bonchev–Trinajstić information content (AvgIpc) is 2.55. The molecule has 21 heavy (non-hydrogen) atoms. The lowest BCUT2D eigenvalue weighted by atomic mass is 9.80. The van der Waals surface area contributed by atoms with Crippen LogP contribution in [-0.4, -0.2) is 11.5 Å². The molecule has 1 aliphatic rings. The van der Waals surface area contributed by atoms with E-state index >= 15 is 0 Å². The van der Waals surface area contributed by atoms with Gasteiger partial charge in [0, 0.05) is 18.7 Å². The molecule has 1 aliphatic carbocycles. The summed E-state index contributed by atoms with van der Waals surface area (Å²) >= 11 is 0. The molecule has 1 aromatic carbocycles. The molecule has 2 heteroatoms. The summed E-state index contributed by atoms with van der Waals surface area (Å²) in [5.74, 6) is 0.467. The number of benzene rings is 1. The van der Waals surface area contributed by atoms with Crippen molar-refractivity contribution in [3.63, 3.8) is 0 Å². The van der Waals surface area contributed by atoms with Crippen LogP contribution in [0.3, 0.4) is 0 Å². The second-order valence-corrected chi connectivity index (χ2v) is 5.87. The van der Waals surface area contributed by atoms with E-state index in [1.54, 1.807) is 0 Å². The lowest BCUT2D eigenvalue weighted by Crippen LogP contribution is -2.18. The molecule has 1 unspecified atom stereocenters. The Kier molecular flexibility index (Phi) is 4.66. The Balaban J connectivity index is 1.91. The number of aromatic nitrogens is 1. The van der Waals surface area contributed by atoms with Crippen LogP contribution in [0.2, 0.25) is 0 Å². The Morgan fingerprint density at radius 3 is 3.00 bits per heavy atom. The van der Waals surface area contributed by atoms with Gasteiger partial charge in [-0.25, -0.2) is 0 Å². The summed E-state index contributed by atoms with van der Waals surface area (Å²) in [6.45, 7) is 4.25. The zero-order valence-electron chi connectivity index (χ0n) is 12.8. The molecular weight excluding hydrogens is 256 g/mol. The van der Waals surface area contributed by atoms with E-state index in [9.17, 15) is 0 Å². The number of nitrogens with zero attached hydrogens (tertiary/aromatic N) is 1. The van der Waals surface area contributed by atoms with Crippen LogP contribution in [0.25, 0.3) is 0 Å². The van der Waals surface area contributed by atoms with Crippen LogP contribution in [0.15, 0.2) is 42.6 Å². The fraction of sp³-hybridized carbons (Fsp3) is 0.421. The van der Waals surface area contributed by atoms with Crippen LogP contribution in [0.1, 0.15) is 54.5 Å². The zero-order valence-corrected chi connectivity index (χ0v) is 12.8. The summed E-state index contributed by atoms with van der Waals surface area (Å²) in [7, 11) is 0. The van der Waals surface area contributed by atoms with E-state index in [1.807, 2.05) is 6.20 Å². The topological polar surface area (TPSA) is 24.9 Å². The Morgan fingerprint density at radius 1 is 1.19 bits per heavy atom. The van der Waals surface area contributed by atoms with Crippen molar-refractivity contribution in [3.8, 4) is 0 Å². The smallest absolute Gasteiger partial charge is 0.0510 e. The van der Waals surface area contributed by atoms with Gasteiger partial charge in [0.2, 0.25) is 0 Å². The molecule has 1 N–H and O–H groups in total. The summed E-state index contributed by atoms with van der Waals surface area (Å²) < 4.78 is 0. The van der Waals surface area contributed by atoms with Crippen molar-refractivity contribution in [1.29, 1.82) is 0 Å². The molecule has 1 heterocycles. The van der Waals surface area contributed by atoms with E-state index < -0.39 is 0 Å². The van der Waals surface area contributed by atoms with Gasteiger partial charge in [-0.3, -0.25) is 4.98 Å². The largest absolute Gasteiger partial charge is 0.313 e. The molecule has 2 nitrogen and oxygen atoms in total. The third-order valence-corrected chi connectivity index (χ3v) is 4.37. The van der Waals surface area contributed by atoms with Gasteiger partial charge in [0.1, 0.15) is 0 Å². The maximum atomic E-state index is 4.69. The van der Waals surface area contributed by atoms with Crippen molar-refractivity contribution in [1.82, 2.24) is 10.3 Å². The zero-order chi connectivity index (χ0) is 14.5. The van der Waals surface area contributed by atoms with Gasteiger partial charge in [-0.05, 0) is 55.0 Å². The molecule has 0 spiro atoms. The Bertz CT molecular complexity index is 592. The van der Waals surface area contributed by atoms with E-state index in [0.29, 0.717) is 5.92 Å². The van der Waals surface area contributed by atoms with Gasteiger partial charge < -0.3 is 5.32 Å². The monoisotopic (exact) mass is 280 g/mol. The fourth-order valence-electron chi connectivity index (χ4n) is 3.35. The van der Waals surface area contributed by atoms with Gasteiger partial charge in [-0.1, -0.05) is 37.3 Å². The standard InChI is InChI=1S/C19H24N2/c1-2-12-20-14-16-7-3-4-10-17(16)18-11-5-8-15-9-6-13-21-19(15)18/h3-4,6-7,9-10,13,18,20H,2,5,8,11-12,14H2,1H3. The highest BCUT2D eigenvalue weighted by molar-refractivity contribution is 5.39. The van der Waals surface area contributed by atoms with E-state index in [-0.39, 0.29) is 0 Å². The van der Waals surface area contributed by atoms with Crippen molar-refractivity contribution in [3.05, 3.63) is 65.0 Å². The van der Waals surface area contributed by atoms with Gasteiger partial charge in [-0.2, -0.15) is 0 Å². The van der Waals surface area contributed by atoms with Gasteiger partial charge in [0.15, 0.2) is 0 Å². The van der Waals surface area contributed by atoms with Crippen LogP contribution in [0, 0.1) is 0 Å². The van der Waals surface area contributed by atoms with Crippen molar-refractivity contribution < 1.29 is 0 Å². The first-order valence-electron chi connectivity index (χ1n) is 8.12. The van der Waals surface area contributed by atoms with Gasteiger partial charge in [0.25, 0.3) is 0 Å². The minimum Gasteiger partial charge on any atom is -0.313 e. The molecular formula is C19H24N2. The van der Waals surface area contributed by atoms with Crippen molar-refractivity contribution >= 4 is 0 Å². The molecule has 3 rings (SSSR count). The minimum atomic E-state index is 0.467. The summed E-state index contributed by atoms with van der Waals surface area (Å²) in [5, 5.41) is 3.53. The molecule has 0 bridgehead atoms. The Hall–Kier alpha value is -1.67. The van der Waals surface area contributed by atoms with Crippen molar-refractivity contribution in [2.45, 2.75) is 45.1 Å². The Morgan fingerprint density at radius 2 is 2.10 bits per heavy atom. The number of fused-ring (bicyclic) bond motifs is 1. The highest BCUT2D eigenvalue weighted by Crippen LogP contribution is 2.36. The van der Waals surface area contributed by atoms with Crippen molar-refractivity contribution in [2.24, 2.45) is 0 Å². The van der Waals surface area contributed by atoms with E-state index in [1.165, 1.54) is 48.1 Å². The molecule has 110 valence electrons. The third kappa shape index (κ3) is 3.16. The molecule has 0 amide bonds. The van der Waals surface area contributed by atoms with E-state index in [2.05, 4.69) is 48.6 Å².